The van der Waals surface area contributed by atoms with Crippen LogP contribution in [0.1, 0.15) is 0 Å². The van der Waals surface area contributed by atoms with E-state index in [0.717, 1.165) is 0 Å². The molecule has 0 aliphatic heterocycles. The molecule has 12 heavy (non-hydrogen) atoms. The first-order valence-electron chi connectivity index (χ1n) is 2.41. The van der Waals surface area contributed by atoms with Gasteiger partial charge in [0.1, 0.15) is 0 Å². The molecule has 0 unspecified atom stereocenters. The quantitative estimate of drug-likeness (QED) is 0.518. The normalized spacial score (nSPS) is 14.8. The van der Waals surface area contributed by atoms with Crippen molar-refractivity contribution in [3.8, 4) is 0 Å². The van der Waals surface area contributed by atoms with Crippen LogP contribution in [0.25, 0.3) is 0 Å². The number of hydrogen-bond acceptors (Lipinski definition) is 3. The Morgan fingerprint density at radius 1 is 1.50 bits per heavy atom. The third-order valence-corrected chi connectivity index (χ3v) is 2.36. The van der Waals surface area contributed by atoms with Gasteiger partial charge in [-0.25, -0.2) is 0 Å². The van der Waals surface area contributed by atoms with Crippen LogP contribution >= 0.6 is 11.8 Å². The van der Waals surface area contributed by atoms with Crippen molar-refractivity contribution in [2.45, 2.75) is 5.51 Å². The van der Waals surface area contributed by atoms with Crippen molar-refractivity contribution in [3.05, 3.63) is 0 Å². The Bertz CT molecular complexity index is 280. The van der Waals surface area contributed by atoms with E-state index in [0.29, 0.717) is 11.8 Å². The van der Waals surface area contributed by atoms with Crippen LogP contribution in [0.4, 0.5) is 13.2 Å². The van der Waals surface area contributed by atoms with E-state index < -0.39 is 20.7 Å². The summed E-state index contributed by atoms with van der Waals surface area (Å²) in [5.41, 5.74) is -0.592. The molecule has 0 amide bonds. The van der Waals surface area contributed by atoms with Crippen LogP contribution in [0, 0.1) is 0 Å². The van der Waals surface area contributed by atoms with Crippen molar-refractivity contribution in [1.29, 1.82) is 0 Å². The van der Waals surface area contributed by atoms with E-state index in [2.05, 4.69) is 4.40 Å². The molecule has 0 aliphatic rings. The fourth-order valence-corrected chi connectivity index (χ4v) is 1.14. The number of alkyl halides is 3. The Balaban J connectivity index is 4.93. The Morgan fingerprint density at radius 3 is 2.17 bits per heavy atom. The predicted molar refractivity (Wildman–Crippen MR) is 40.1 cm³/mol. The van der Waals surface area contributed by atoms with E-state index in [1.54, 1.807) is 0 Å². The molecule has 0 atom stereocenters. The highest BCUT2D eigenvalue weighted by atomic mass is 32.2. The number of rotatable bonds is 1. The van der Waals surface area contributed by atoms with Gasteiger partial charge in [0, 0.05) is 0 Å². The molecule has 4 nitrogen and oxygen atoms in total. The minimum atomic E-state index is -5.47. The van der Waals surface area contributed by atoms with Crippen LogP contribution in [0.2, 0.25) is 0 Å². The Hall–Kier alpha value is -0.440. The zero-order valence-electron chi connectivity index (χ0n) is 5.79. The van der Waals surface area contributed by atoms with Gasteiger partial charge in [-0.05, 0) is 6.26 Å². The smallest absolute Gasteiger partial charge is 0.378 e. The Labute approximate surface area is 71.1 Å². The van der Waals surface area contributed by atoms with E-state index in [4.69, 9.17) is 5.73 Å². The van der Waals surface area contributed by atoms with Crippen LogP contribution < -0.4 is 5.73 Å². The third kappa shape index (κ3) is 2.89. The van der Waals surface area contributed by atoms with Gasteiger partial charge in [-0.3, -0.25) is 0 Å². The fraction of sp³-hybridized carbons (Fsp3) is 0.667. The topological polar surface area (TPSA) is 72.5 Å². The molecule has 0 fully saturated rings. The van der Waals surface area contributed by atoms with Gasteiger partial charge < -0.3 is 5.73 Å². The number of sulfonamides is 1. The number of thioether (sulfide) groups is 1. The summed E-state index contributed by atoms with van der Waals surface area (Å²) < 4.78 is 57.4. The minimum Gasteiger partial charge on any atom is -0.378 e. The molecule has 0 saturated carbocycles. The highest BCUT2D eigenvalue weighted by molar-refractivity contribution is 8.13. The van der Waals surface area contributed by atoms with Crippen molar-refractivity contribution >= 4 is 27.0 Å². The van der Waals surface area contributed by atoms with Crippen LogP contribution in [0.15, 0.2) is 4.40 Å². The lowest BCUT2D eigenvalue weighted by atomic mass is 11.4. The summed E-state index contributed by atoms with van der Waals surface area (Å²) in [5.74, 6) is 0. The molecule has 9 heteroatoms. The summed E-state index contributed by atoms with van der Waals surface area (Å²) in [7, 11) is -5.47. The lowest BCUT2D eigenvalue weighted by Gasteiger charge is -2.02. The molecule has 72 valence electrons. The van der Waals surface area contributed by atoms with Crippen LogP contribution in [0.3, 0.4) is 0 Å². The van der Waals surface area contributed by atoms with Crippen molar-refractivity contribution in [2.75, 3.05) is 6.26 Å². The van der Waals surface area contributed by atoms with Crippen LogP contribution in [-0.4, -0.2) is 25.3 Å². The highest BCUT2D eigenvalue weighted by Crippen LogP contribution is 2.24. The minimum absolute atomic E-state index is 0.616. The predicted octanol–water partition coefficient (Wildman–Crippen LogP) is 0.514. The van der Waals surface area contributed by atoms with Gasteiger partial charge in [-0.15, -0.1) is 4.40 Å². The highest BCUT2D eigenvalue weighted by Gasteiger charge is 2.46. The number of nitrogens with two attached hydrogens (primary N) is 1. The first-order chi connectivity index (χ1) is 5.20. The van der Waals surface area contributed by atoms with Gasteiger partial charge in [-0.2, -0.15) is 21.6 Å². The maximum Gasteiger partial charge on any atom is 0.518 e. The Kier molecular flexibility index (Phi) is 3.39. The molecular weight excluding hydrogens is 217 g/mol. The largest absolute Gasteiger partial charge is 0.518 e. The lowest BCUT2D eigenvalue weighted by Crippen LogP contribution is -2.23. The first kappa shape index (κ1) is 11.6. The van der Waals surface area contributed by atoms with Crippen molar-refractivity contribution in [1.82, 2.24) is 0 Å². The number of hydrogen-bond donors (Lipinski definition) is 1. The summed E-state index contributed by atoms with van der Waals surface area (Å²) in [6.07, 6.45) is 1.31. The maximum atomic E-state index is 11.6. The molecule has 0 aromatic rings. The molecule has 2 N–H and O–H groups in total. The second kappa shape index (κ2) is 3.52. The van der Waals surface area contributed by atoms with Gasteiger partial charge in [0.25, 0.3) is 0 Å². The second-order valence-corrected chi connectivity index (χ2v) is 3.98. The van der Waals surface area contributed by atoms with E-state index in [1.807, 2.05) is 0 Å². The zero-order valence-corrected chi connectivity index (χ0v) is 7.42. The summed E-state index contributed by atoms with van der Waals surface area (Å²) in [5, 5.41) is -0.646. The summed E-state index contributed by atoms with van der Waals surface area (Å²) in [4.78, 5) is 0. The molecule has 0 saturated heterocycles. The van der Waals surface area contributed by atoms with Crippen LogP contribution in [-0.2, 0) is 10.0 Å². The second-order valence-electron chi connectivity index (χ2n) is 1.55. The van der Waals surface area contributed by atoms with Gasteiger partial charge >= 0.3 is 15.5 Å². The van der Waals surface area contributed by atoms with Crippen molar-refractivity contribution in [3.63, 3.8) is 0 Å². The summed E-state index contributed by atoms with van der Waals surface area (Å²) in [6.45, 7) is 0. The third-order valence-electron chi connectivity index (χ3n) is 0.712. The SMILES string of the molecule is CSC(N)=NS(=O)(=O)C(F)(F)F. The van der Waals surface area contributed by atoms with Gasteiger partial charge in [0.05, 0.1) is 0 Å². The van der Waals surface area contributed by atoms with Gasteiger partial charge in [-0.1, -0.05) is 11.8 Å². The lowest BCUT2D eigenvalue weighted by molar-refractivity contribution is -0.0435. The molecule has 0 aromatic heterocycles. The number of halogens is 3. The van der Waals surface area contributed by atoms with E-state index >= 15 is 0 Å². The van der Waals surface area contributed by atoms with E-state index in [9.17, 15) is 21.6 Å². The fourth-order valence-electron chi connectivity index (χ4n) is 0.207. The summed E-state index contributed by atoms with van der Waals surface area (Å²) in [6, 6.07) is 0. The molecule has 0 radical (unpaired) electrons. The van der Waals surface area contributed by atoms with Crippen molar-refractivity contribution in [2.24, 2.45) is 10.1 Å². The molecule has 0 heterocycles. The molecule has 0 aliphatic carbocycles. The Morgan fingerprint density at radius 2 is 1.92 bits per heavy atom. The molecule has 0 rings (SSSR count). The van der Waals surface area contributed by atoms with Gasteiger partial charge in [0.15, 0.2) is 5.17 Å². The van der Waals surface area contributed by atoms with Gasteiger partial charge in [0.2, 0.25) is 0 Å². The van der Waals surface area contributed by atoms with E-state index in [-0.39, 0.29) is 0 Å². The first-order valence-corrected chi connectivity index (χ1v) is 5.08. The average Bonchev–Trinajstić information content (AvgIpc) is 1.84. The number of nitrogens with zero attached hydrogens (tertiary/aromatic N) is 1. The van der Waals surface area contributed by atoms with Crippen LogP contribution in [0.5, 0.6) is 0 Å². The standard InChI is InChI=1S/C3H5F3N2O2S2/c1-11-2(7)8-12(9,10)3(4,5)6/h1H3,(H2,7,8). The van der Waals surface area contributed by atoms with E-state index in [1.165, 1.54) is 6.26 Å². The maximum absolute atomic E-state index is 11.6. The molecular formula is C3H5F3N2O2S2. The summed E-state index contributed by atoms with van der Waals surface area (Å²) >= 11 is 0.616. The monoisotopic (exact) mass is 222 g/mol. The molecule has 0 aromatic carbocycles. The average molecular weight is 222 g/mol. The molecule has 0 bridgehead atoms. The zero-order chi connectivity index (χ0) is 9.99. The van der Waals surface area contributed by atoms with Crippen molar-refractivity contribution < 1.29 is 21.6 Å². The number of amidine groups is 1. The molecule has 0 spiro atoms.